The Bertz CT molecular complexity index is 811. The molecule has 0 atom stereocenters. The maximum atomic E-state index is 11.7. The Morgan fingerprint density at radius 1 is 1.10 bits per heavy atom. The smallest absolute Gasteiger partial charge is 0.249 e. The van der Waals surface area contributed by atoms with Gasteiger partial charge in [0, 0.05) is 10.9 Å². The van der Waals surface area contributed by atoms with Gasteiger partial charge in [-0.3, -0.25) is 4.79 Å². The van der Waals surface area contributed by atoms with E-state index in [2.05, 4.69) is 4.98 Å². The number of fused-ring (bicyclic) bond motifs is 1. The molecule has 104 valence electrons. The van der Waals surface area contributed by atoms with Crippen molar-refractivity contribution in [3.05, 3.63) is 60.2 Å². The van der Waals surface area contributed by atoms with Gasteiger partial charge in [0.05, 0.1) is 23.9 Å². The molecule has 2 N–H and O–H groups in total. The zero-order valence-electron chi connectivity index (χ0n) is 11.5. The molecule has 0 saturated heterocycles. The van der Waals surface area contributed by atoms with Crippen LogP contribution in [0.5, 0.6) is 5.75 Å². The molecular weight excluding hydrogens is 264 g/mol. The van der Waals surface area contributed by atoms with E-state index in [0.29, 0.717) is 11.3 Å². The van der Waals surface area contributed by atoms with Crippen LogP contribution in [0.2, 0.25) is 0 Å². The van der Waals surface area contributed by atoms with Crippen molar-refractivity contribution in [3.8, 4) is 17.0 Å². The molecule has 1 aromatic heterocycles. The van der Waals surface area contributed by atoms with Gasteiger partial charge in [-0.05, 0) is 36.4 Å². The Kier molecular flexibility index (Phi) is 3.28. The summed E-state index contributed by atoms with van der Waals surface area (Å²) in [5.41, 5.74) is 8.33. The molecule has 0 aliphatic carbocycles. The topological polar surface area (TPSA) is 65.2 Å². The van der Waals surface area contributed by atoms with Crippen molar-refractivity contribution in [2.75, 3.05) is 7.11 Å². The number of carbonyl (C=O) groups excluding carboxylic acids is 1. The maximum Gasteiger partial charge on any atom is 0.249 e. The highest BCUT2D eigenvalue weighted by atomic mass is 16.5. The molecule has 0 radical (unpaired) electrons. The van der Waals surface area contributed by atoms with Gasteiger partial charge in [-0.1, -0.05) is 18.2 Å². The highest BCUT2D eigenvalue weighted by molar-refractivity contribution is 6.06. The second-order valence-electron chi connectivity index (χ2n) is 4.66. The molecule has 0 fully saturated rings. The molecule has 1 heterocycles. The number of hydrogen-bond acceptors (Lipinski definition) is 3. The van der Waals surface area contributed by atoms with E-state index in [4.69, 9.17) is 10.5 Å². The first kappa shape index (κ1) is 13.1. The molecule has 0 saturated carbocycles. The lowest BCUT2D eigenvalue weighted by molar-refractivity contribution is 0.100. The van der Waals surface area contributed by atoms with Gasteiger partial charge in [-0.25, -0.2) is 4.98 Å². The fourth-order valence-corrected chi connectivity index (χ4v) is 2.29. The molecule has 0 unspecified atom stereocenters. The number of methoxy groups -OCH3 is 1. The summed E-state index contributed by atoms with van der Waals surface area (Å²) in [6.45, 7) is 0. The third-order valence-electron chi connectivity index (χ3n) is 3.37. The summed E-state index contributed by atoms with van der Waals surface area (Å²) < 4.78 is 5.14. The first-order valence-corrected chi connectivity index (χ1v) is 6.53. The number of amides is 1. The summed E-state index contributed by atoms with van der Waals surface area (Å²) in [5.74, 6) is 0.318. The molecule has 3 rings (SSSR count). The number of nitrogens with two attached hydrogens (primary N) is 1. The Hall–Kier alpha value is -2.88. The van der Waals surface area contributed by atoms with Crippen molar-refractivity contribution < 1.29 is 9.53 Å². The molecule has 0 bridgehead atoms. The minimum atomic E-state index is -0.455. The summed E-state index contributed by atoms with van der Waals surface area (Å²) in [6.07, 6.45) is 0. The predicted octanol–water partition coefficient (Wildman–Crippen LogP) is 3.01. The molecule has 3 aromatic rings. The number of benzene rings is 2. The minimum absolute atomic E-state index is 0.455. The van der Waals surface area contributed by atoms with Gasteiger partial charge in [0.25, 0.3) is 0 Å². The summed E-state index contributed by atoms with van der Waals surface area (Å²) in [4.78, 5) is 16.3. The van der Waals surface area contributed by atoms with Crippen LogP contribution in [0.15, 0.2) is 54.6 Å². The van der Waals surface area contributed by atoms with E-state index in [1.54, 1.807) is 13.2 Å². The molecule has 4 nitrogen and oxygen atoms in total. The first-order chi connectivity index (χ1) is 10.2. The molecular formula is C17H14N2O2. The average molecular weight is 278 g/mol. The van der Waals surface area contributed by atoms with Gasteiger partial charge in [-0.15, -0.1) is 0 Å². The van der Waals surface area contributed by atoms with E-state index < -0.39 is 5.91 Å². The van der Waals surface area contributed by atoms with E-state index in [0.717, 1.165) is 22.2 Å². The molecule has 0 aliphatic heterocycles. The summed E-state index contributed by atoms with van der Waals surface area (Å²) in [5, 5.41) is 0.766. The molecule has 0 spiro atoms. The van der Waals surface area contributed by atoms with Gasteiger partial charge < -0.3 is 10.5 Å². The minimum Gasteiger partial charge on any atom is -0.497 e. The van der Waals surface area contributed by atoms with Gasteiger partial charge in [0.15, 0.2) is 0 Å². The Labute approximate surface area is 122 Å². The van der Waals surface area contributed by atoms with Crippen molar-refractivity contribution in [2.24, 2.45) is 5.73 Å². The zero-order chi connectivity index (χ0) is 14.8. The van der Waals surface area contributed by atoms with Crippen molar-refractivity contribution in [1.29, 1.82) is 0 Å². The number of nitrogens with zero attached hydrogens (tertiary/aromatic N) is 1. The molecule has 4 heteroatoms. The summed E-state index contributed by atoms with van der Waals surface area (Å²) in [7, 11) is 1.62. The monoisotopic (exact) mass is 278 g/mol. The predicted molar refractivity (Wildman–Crippen MR) is 82.2 cm³/mol. The quantitative estimate of drug-likeness (QED) is 0.801. The fourth-order valence-electron chi connectivity index (χ4n) is 2.29. The Balaban J connectivity index is 2.20. The second kappa shape index (κ2) is 5.25. The number of primary amides is 1. The van der Waals surface area contributed by atoms with Crippen molar-refractivity contribution >= 4 is 16.8 Å². The standard InChI is InChI=1S/C17H14N2O2/c1-21-12-8-6-11(7-9-12)16-10-14(17(18)20)13-4-2-3-5-15(13)19-16/h2-10H,1H3,(H2,18,20). The van der Waals surface area contributed by atoms with Crippen LogP contribution in [0.4, 0.5) is 0 Å². The number of ether oxygens (including phenoxy) is 1. The lowest BCUT2D eigenvalue weighted by atomic mass is 10.0. The van der Waals surface area contributed by atoms with Crippen molar-refractivity contribution in [2.45, 2.75) is 0 Å². The first-order valence-electron chi connectivity index (χ1n) is 6.53. The average Bonchev–Trinajstić information content (AvgIpc) is 2.53. The van der Waals surface area contributed by atoms with Gasteiger partial charge in [0.1, 0.15) is 5.75 Å². The van der Waals surface area contributed by atoms with E-state index >= 15 is 0 Å². The molecule has 0 aliphatic rings. The van der Waals surface area contributed by atoms with Crippen molar-refractivity contribution in [1.82, 2.24) is 4.98 Å². The largest absolute Gasteiger partial charge is 0.497 e. The van der Waals surface area contributed by atoms with Crippen LogP contribution >= 0.6 is 0 Å². The summed E-state index contributed by atoms with van der Waals surface area (Å²) in [6, 6.07) is 16.7. The normalized spacial score (nSPS) is 10.5. The van der Waals surface area contributed by atoms with Crippen LogP contribution in [0.3, 0.4) is 0 Å². The number of pyridine rings is 1. The van der Waals surface area contributed by atoms with Crippen LogP contribution in [-0.4, -0.2) is 18.0 Å². The lowest BCUT2D eigenvalue weighted by Crippen LogP contribution is -2.12. The SMILES string of the molecule is COc1ccc(-c2cc(C(N)=O)c3ccccc3n2)cc1. The lowest BCUT2D eigenvalue weighted by Gasteiger charge is -2.08. The second-order valence-corrected chi connectivity index (χ2v) is 4.66. The number of carbonyl (C=O) groups is 1. The maximum absolute atomic E-state index is 11.7. The molecule has 2 aromatic carbocycles. The number of rotatable bonds is 3. The highest BCUT2D eigenvalue weighted by Gasteiger charge is 2.11. The van der Waals surface area contributed by atoms with Crippen LogP contribution in [0.1, 0.15) is 10.4 Å². The van der Waals surface area contributed by atoms with Crippen LogP contribution < -0.4 is 10.5 Å². The molecule has 1 amide bonds. The van der Waals surface area contributed by atoms with Gasteiger partial charge in [-0.2, -0.15) is 0 Å². The molecule has 21 heavy (non-hydrogen) atoms. The third-order valence-corrected chi connectivity index (χ3v) is 3.37. The number of para-hydroxylation sites is 1. The fraction of sp³-hybridized carbons (Fsp3) is 0.0588. The number of hydrogen-bond donors (Lipinski definition) is 1. The van der Waals surface area contributed by atoms with Gasteiger partial charge >= 0.3 is 0 Å². The third kappa shape index (κ3) is 2.43. The van der Waals surface area contributed by atoms with Crippen LogP contribution in [-0.2, 0) is 0 Å². The summed E-state index contributed by atoms with van der Waals surface area (Å²) >= 11 is 0. The van der Waals surface area contributed by atoms with E-state index in [-0.39, 0.29) is 0 Å². The Morgan fingerprint density at radius 3 is 2.48 bits per heavy atom. The highest BCUT2D eigenvalue weighted by Crippen LogP contribution is 2.26. The van der Waals surface area contributed by atoms with Gasteiger partial charge in [0.2, 0.25) is 5.91 Å². The van der Waals surface area contributed by atoms with E-state index in [9.17, 15) is 4.79 Å². The Morgan fingerprint density at radius 2 is 1.81 bits per heavy atom. The number of aromatic nitrogens is 1. The van der Waals surface area contributed by atoms with Crippen molar-refractivity contribution in [3.63, 3.8) is 0 Å². The zero-order valence-corrected chi connectivity index (χ0v) is 11.5. The van der Waals surface area contributed by atoms with E-state index in [1.807, 2.05) is 48.5 Å². The van der Waals surface area contributed by atoms with Crippen LogP contribution in [0, 0.1) is 0 Å². The van der Waals surface area contributed by atoms with Crippen LogP contribution in [0.25, 0.3) is 22.2 Å². The van der Waals surface area contributed by atoms with E-state index in [1.165, 1.54) is 0 Å².